The zero-order valence-electron chi connectivity index (χ0n) is 11.9. The Hall–Kier alpha value is -1.51. The van der Waals surface area contributed by atoms with E-state index in [2.05, 4.69) is 6.92 Å². The van der Waals surface area contributed by atoms with Gasteiger partial charge in [-0.25, -0.2) is 0 Å². The molecule has 0 aliphatic heterocycles. The van der Waals surface area contributed by atoms with Crippen molar-refractivity contribution >= 4 is 5.78 Å². The summed E-state index contributed by atoms with van der Waals surface area (Å²) in [5.74, 6) is 0.970. The summed E-state index contributed by atoms with van der Waals surface area (Å²) in [6, 6.07) is 5.29. The molecule has 0 fully saturated rings. The van der Waals surface area contributed by atoms with Crippen molar-refractivity contribution in [1.82, 2.24) is 0 Å². The van der Waals surface area contributed by atoms with Gasteiger partial charge in [0.1, 0.15) is 5.78 Å². The van der Waals surface area contributed by atoms with E-state index in [-0.39, 0.29) is 5.75 Å². The Morgan fingerprint density at radius 2 is 2.00 bits per heavy atom. The number of phenols is 1. The van der Waals surface area contributed by atoms with E-state index in [0.29, 0.717) is 37.4 Å². The summed E-state index contributed by atoms with van der Waals surface area (Å²) in [6.07, 6.45) is 5.23. The number of hydrogen-bond donors (Lipinski definition) is 1. The number of rotatable bonds is 9. The monoisotopic (exact) mass is 264 g/mol. The molecular formula is C16H24O3. The average molecular weight is 264 g/mol. The van der Waals surface area contributed by atoms with Gasteiger partial charge in [-0.2, -0.15) is 0 Å². The number of hydrogen-bond acceptors (Lipinski definition) is 3. The molecule has 1 rings (SSSR count). The number of aryl methyl sites for hydroxylation is 1. The number of carbonyl (C=O) groups excluding carboxylic acids is 1. The standard InChI is InChI=1S/C16H24O3/c1-3-5-6-7-14(17)10-8-13-9-11-15(18)16(12-13)19-4-2/h9,11-12,18H,3-8,10H2,1-2H3. The van der Waals surface area contributed by atoms with Gasteiger partial charge in [-0.1, -0.05) is 25.8 Å². The molecule has 0 aromatic heterocycles. The van der Waals surface area contributed by atoms with Crippen molar-refractivity contribution in [1.29, 1.82) is 0 Å². The first-order valence-corrected chi connectivity index (χ1v) is 7.13. The molecule has 0 spiro atoms. The number of unbranched alkanes of at least 4 members (excludes halogenated alkanes) is 2. The van der Waals surface area contributed by atoms with Crippen LogP contribution in [0.15, 0.2) is 18.2 Å². The Bertz CT molecular complexity index is 399. The number of ketones is 1. The van der Waals surface area contributed by atoms with Crippen molar-refractivity contribution in [2.75, 3.05) is 6.61 Å². The largest absolute Gasteiger partial charge is 0.504 e. The second kappa shape index (κ2) is 8.57. The molecule has 3 nitrogen and oxygen atoms in total. The van der Waals surface area contributed by atoms with E-state index >= 15 is 0 Å². The van der Waals surface area contributed by atoms with Crippen LogP contribution in [0.25, 0.3) is 0 Å². The Kier molecular flexibility index (Phi) is 7.01. The molecular weight excluding hydrogens is 240 g/mol. The summed E-state index contributed by atoms with van der Waals surface area (Å²) in [7, 11) is 0. The third-order valence-corrected chi connectivity index (χ3v) is 3.08. The molecule has 0 saturated heterocycles. The topological polar surface area (TPSA) is 46.5 Å². The quantitative estimate of drug-likeness (QED) is 0.689. The lowest BCUT2D eigenvalue weighted by Gasteiger charge is -2.08. The molecule has 0 aliphatic rings. The number of aromatic hydroxyl groups is 1. The van der Waals surface area contributed by atoms with Crippen LogP contribution in [0.3, 0.4) is 0 Å². The molecule has 1 aromatic rings. The number of phenolic OH excluding ortho intramolecular Hbond substituents is 1. The summed E-state index contributed by atoms with van der Waals surface area (Å²) < 4.78 is 5.33. The molecule has 1 N–H and O–H groups in total. The Morgan fingerprint density at radius 3 is 2.68 bits per heavy atom. The third kappa shape index (κ3) is 5.77. The van der Waals surface area contributed by atoms with Crippen molar-refractivity contribution in [3.05, 3.63) is 23.8 Å². The minimum absolute atomic E-state index is 0.153. The van der Waals surface area contributed by atoms with E-state index in [4.69, 9.17) is 4.74 Å². The highest BCUT2D eigenvalue weighted by atomic mass is 16.5. The zero-order valence-corrected chi connectivity index (χ0v) is 11.9. The van der Waals surface area contributed by atoms with E-state index in [0.717, 1.165) is 24.8 Å². The third-order valence-electron chi connectivity index (χ3n) is 3.08. The molecule has 3 heteroatoms. The van der Waals surface area contributed by atoms with E-state index in [1.165, 1.54) is 0 Å². The van der Waals surface area contributed by atoms with Crippen molar-refractivity contribution in [2.24, 2.45) is 0 Å². The zero-order chi connectivity index (χ0) is 14.1. The minimum atomic E-state index is 0.153. The minimum Gasteiger partial charge on any atom is -0.504 e. The van der Waals surface area contributed by atoms with Crippen LogP contribution in [0.1, 0.15) is 51.5 Å². The normalized spacial score (nSPS) is 10.4. The molecule has 0 bridgehead atoms. The molecule has 106 valence electrons. The van der Waals surface area contributed by atoms with Crippen molar-refractivity contribution in [2.45, 2.75) is 52.4 Å². The number of Topliss-reactive ketones (excluding diaryl/α,β-unsaturated/α-hetero) is 1. The van der Waals surface area contributed by atoms with E-state index in [1.807, 2.05) is 19.1 Å². The lowest BCUT2D eigenvalue weighted by atomic mass is 10.0. The molecule has 0 atom stereocenters. The van der Waals surface area contributed by atoms with Crippen LogP contribution in [0, 0.1) is 0 Å². The van der Waals surface area contributed by atoms with E-state index < -0.39 is 0 Å². The highest BCUT2D eigenvalue weighted by Gasteiger charge is 2.06. The van der Waals surface area contributed by atoms with Crippen LogP contribution in [-0.2, 0) is 11.2 Å². The smallest absolute Gasteiger partial charge is 0.161 e. The summed E-state index contributed by atoms with van der Waals surface area (Å²) in [4.78, 5) is 11.7. The molecule has 1 aromatic carbocycles. The van der Waals surface area contributed by atoms with Gasteiger partial charge in [-0.3, -0.25) is 4.79 Å². The number of benzene rings is 1. The van der Waals surface area contributed by atoms with Gasteiger partial charge in [0.15, 0.2) is 11.5 Å². The van der Waals surface area contributed by atoms with Crippen LogP contribution in [0.4, 0.5) is 0 Å². The number of carbonyl (C=O) groups is 1. The maximum atomic E-state index is 11.7. The molecule has 0 aliphatic carbocycles. The van der Waals surface area contributed by atoms with Crippen LogP contribution in [0.2, 0.25) is 0 Å². The van der Waals surface area contributed by atoms with Crippen LogP contribution in [-0.4, -0.2) is 17.5 Å². The Morgan fingerprint density at radius 1 is 1.21 bits per heavy atom. The van der Waals surface area contributed by atoms with Crippen LogP contribution < -0.4 is 4.74 Å². The van der Waals surface area contributed by atoms with Gasteiger partial charge in [0.2, 0.25) is 0 Å². The molecule has 0 amide bonds. The Labute approximate surface area is 115 Å². The molecule has 0 unspecified atom stereocenters. The maximum Gasteiger partial charge on any atom is 0.161 e. The lowest BCUT2D eigenvalue weighted by Crippen LogP contribution is -2.00. The summed E-state index contributed by atoms with van der Waals surface area (Å²) >= 11 is 0. The van der Waals surface area contributed by atoms with E-state index in [1.54, 1.807) is 6.07 Å². The molecule has 0 heterocycles. The fraction of sp³-hybridized carbons (Fsp3) is 0.562. The first kappa shape index (κ1) is 15.5. The van der Waals surface area contributed by atoms with Gasteiger partial charge in [0.05, 0.1) is 6.61 Å². The maximum absolute atomic E-state index is 11.7. The second-order valence-corrected chi connectivity index (χ2v) is 4.73. The van der Waals surface area contributed by atoms with Crippen molar-refractivity contribution in [3.63, 3.8) is 0 Å². The second-order valence-electron chi connectivity index (χ2n) is 4.73. The first-order chi connectivity index (χ1) is 9.17. The van der Waals surface area contributed by atoms with Gasteiger partial charge in [-0.15, -0.1) is 0 Å². The van der Waals surface area contributed by atoms with Crippen molar-refractivity contribution < 1.29 is 14.6 Å². The number of ether oxygens (including phenoxy) is 1. The predicted octanol–water partition coefficient (Wildman–Crippen LogP) is 3.87. The van der Waals surface area contributed by atoms with Gasteiger partial charge in [0, 0.05) is 12.8 Å². The van der Waals surface area contributed by atoms with Crippen LogP contribution >= 0.6 is 0 Å². The van der Waals surface area contributed by atoms with Gasteiger partial charge in [0.25, 0.3) is 0 Å². The molecule has 0 saturated carbocycles. The summed E-state index contributed by atoms with van der Waals surface area (Å²) in [6.45, 7) is 4.53. The average Bonchev–Trinajstić information content (AvgIpc) is 2.40. The fourth-order valence-electron chi connectivity index (χ4n) is 1.97. The van der Waals surface area contributed by atoms with Crippen molar-refractivity contribution in [3.8, 4) is 11.5 Å². The SMILES string of the molecule is CCCCCC(=O)CCc1ccc(O)c(OCC)c1. The Balaban J connectivity index is 2.44. The lowest BCUT2D eigenvalue weighted by molar-refractivity contribution is -0.119. The summed E-state index contributed by atoms with van der Waals surface area (Å²) in [5.41, 5.74) is 1.03. The van der Waals surface area contributed by atoms with Gasteiger partial charge < -0.3 is 9.84 Å². The highest BCUT2D eigenvalue weighted by molar-refractivity contribution is 5.78. The fourth-order valence-corrected chi connectivity index (χ4v) is 1.97. The van der Waals surface area contributed by atoms with E-state index in [9.17, 15) is 9.90 Å². The highest BCUT2D eigenvalue weighted by Crippen LogP contribution is 2.27. The van der Waals surface area contributed by atoms with Gasteiger partial charge in [-0.05, 0) is 37.5 Å². The van der Waals surface area contributed by atoms with Gasteiger partial charge >= 0.3 is 0 Å². The summed E-state index contributed by atoms with van der Waals surface area (Å²) in [5, 5.41) is 9.59. The molecule has 0 radical (unpaired) electrons. The predicted molar refractivity (Wildman–Crippen MR) is 76.7 cm³/mol. The molecule has 19 heavy (non-hydrogen) atoms. The van der Waals surface area contributed by atoms with Crippen LogP contribution in [0.5, 0.6) is 11.5 Å². The first-order valence-electron chi connectivity index (χ1n) is 7.13.